The van der Waals surface area contributed by atoms with Gasteiger partial charge in [-0.1, -0.05) is 39.8 Å². The Balaban J connectivity index is 5.14. The summed E-state index contributed by atoms with van der Waals surface area (Å²) in [6, 6.07) is 0. The van der Waals surface area contributed by atoms with Crippen molar-refractivity contribution in [2.75, 3.05) is 14.2 Å². The number of esters is 2. The van der Waals surface area contributed by atoms with Crippen molar-refractivity contribution in [3.63, 3.8) is 0 Å². The van der Waals surface area contributed by atoms with Gasteiger partial charge < -0.3 is 9.47 Å². The second-order valence-electron chi connectivity index (χ2n) is 9.41. The standard InChI is InChI=1S/C20H36O4/c1-17(2,13-19(5,6)15(21)23-9)11-12-18(3,4)14-20(7,8)16(22)24-10/h11-12H,13-14H2,1-10H3/b12-11-. The molecule has 140 valence electrons. The molecule has 0 saturated carbocycles. The maximum absolute atomic E-state index is 11.9. The number of methoxy groups -OCH3 is 2. The zero-order valence-corrected chi connectivity index (χ0v) is 17.2. The van der Waals surface area contributed by atoms with Gasteiger partial charge in [-0.05, 0) is 51.4 Å². The van der Waals surface area contributed by atoms with Crippen LogP contribution in [0.25, 0.3) is 0 Å². The molecule has 0 spiro atoms. The number of allylic oxidation sites excluding steroid dienone is 2. The average molecular weight is 341 g/mol. The SMILES string of the molecule is COC(=O)C(C)(C)CC(C)(C)/C=C\C(C)(C)CC(C)(C)C(=O)OC. The largest absolute Gasteiger partial charge is 0.469 e. The smallest absolute Gasteiger partial charge is 0.311 e. The lowest BCUT2D eigenvalue weighted by molar-refractivity contribution is -0.153. The van der Waals surface area contributed by atoms with Crippen LogP contribution in [0.3, 0.4) is 0 Å². The Morgan fingerprint density at radius 1 is 0.667 bits per heavy atom. The third-order valence-corrected chi connectivity index (χ3v) is 4.26. The highest BCUT2D eigenvalue weighted by molar-refractivity contribution is 5.76. The molecule has 4 heteroatoms. The zero-order valence-electron chi connectivity index (χ0n) is 17.2. The summed E-state index contributed by atoms with van der Waals surface area (Å²) in [4.78, 5) is 23.8. The second-order valence-corrected chi connectivity index (χ2v) is 9.41. The first-order chi connectivity index (χ1) is 10.6. The molecule has 0 aliphatic heterocycles. The third-order valence-electron chi connectivity index (χ3n) is 4.26. The van der Waals surface area contributed by atoms with E-state index in [1.54, 1.807) is 0 Å². The van der Waals surface area contributed by atoms with Crippen molar-refractivity contribution < 1.29 is 19.1 Å². The van der Waals surface area contributed by atoms with Crippen molar-refractivity contribution >= 4 is 11.9 Å². The Hall–Kier alpha value is -1.32. The van der Waals surface area contributed by atoms with E-state index in [4.69, 9.17) is 9.47 Å². The molecular weight excluding hydrogens is 304 g/mol. The Morgan fingerprint density at radius 3 is 1.12 bits per heavy atom. The molecule has 0 aliphatic carbocycles. The normalized spacial score (nSPS) is 13.9. The van der Waals surface area contributed by atoms with Gasteiger partial charge in [0.15, 0.2) is 0 Å². The Labute approximate surface area is 148 Å². The molecular formula is C20H36O4. The van der Waals surface area contributed by atoms with Crippen LogP contribution >= 0.6 is 0 Å². The van der Waals surface area contributed by atoms with Gasteiger partial charge in [0.05, 0.1) is 25.0 Å². The molecule has 0 aromatic heterocycles. The molecule has 0 N–H and O–H groups in total. The first-order valence-electron chi connectivity index (χ1n) is 8.46. The van der Waals surface area contributed by atoms with Crippen LogP contribution in [0.2, 0.25) is 0 Å². The quantitative estimate of drug-likeness (QED) is 0.471. The first kappa shape index (κ1) is 22.7. The molecule has 0 radical (unpaired) electrons. The summed E-state index contributed by atoms with van der Waals surface area (Å²) in [5.41, 5.74) is -1.41. The highest BCUT2D eigenvalue weighted by Crippen LogP contribution is 2.39. The van der Waals surface area contributed by atoms with Crippen LogP contribution in [0.4, 0.5) is 0 Å². The molecule has 0 atom stereocenters. The average Bonchev–Trinajstić information content (AvgIpc) is 2.41. The van der Waals surface area contributed by atoms with Crippen molar-refractivity contribution in [1.82, 2.24) is 0 Å². The molecule has 0 aliphatic rings. The van der Waals surface area contributed by atoms with Gasteiger partial charge in [0, 0.05) is 0 Å². The van der Waals surface area contributed by atoms with Gasteiger partial charge in [0.1, 0.15) is 0 Å². The first-order valence-corrected chi connectivity index (χ1v) is 8.46. The molecule has 0 aromatic rings. The van der Waals surface area contributed by atoms with Crippen LogP contribution in [-0.4, -0.2) is 26.2 Å². The lowest BCUT2D eigenvalue weighted by atomic mass is 9.71. The summed E-state index contributed by atoms with van der Waals surface area (Å²) >= 11 is 0. The van der Waals surface area contributed by atoms with Gasteiger partial charge in [-0.25, -0.2) is 0 Å². The fraction of sp³-hybridized carbons (Fsp3) is 0.800. The molecule has 0 heterocycles. The second kappa shape index (κ2) is 7.71. The van der Waals surface area contributed by atoms with Crippen molar-refractivity contribution in [2.24, 2.45) is 21.7 Å². The molecule has 0 fully saturated rings. The highest BCUT2D eigenvalue weighted by Gasteiger charge is 2.36. The van der Waals surface area contributed by atoms with Crippen LogP contribution in [-0.2, 0) is 19.1 Å². The summed E-state index contributed by atoms with van der Waals surface area (Å²) in [5.74, 6) is -0.398. The maximum Gasteiger partial charge on any atom is 0.311 e. The van der Waals surface area contributed by atoms with Crippen LogP contribution < -0.4 is 0 Å². The number of ether oxygens (including phenoxy) is 2. The van der Waals surface area contributed by atoms with Crippen LogP contribution in [0.15, 0.2) is 12.2 Å². The monoisotopic (exact) mass is 340 g/mol. The van der Waals surface area contributed by atoms with E-state index in [1.807, 2.05) is 27.7 Å². The molecule has 0 bridgehead atoms. The van der Waals surface area contributed by atoms with Gasteiger partial charge >= 0.3 is 11.9 Å². The summed E-state index contributed by atoms with van der Waals surface area (Å²) in [6.45, 7) is 16.0. The van der Waals surface area contributed by atoms with E-state index >= 15 is 0 Å². The van der Waals surface area contributed by atoms with E-state index in [-0.39, 0.29) is 22.8 Å². The van der Waals surface area contributed by atoms with Crippen molar-refractivity contribution in [3.8, 4) is 0 Å². The summed E-state index contributed by atoms with van der Waals surface area (Å²) in [5, 5.41) is 0. The lowest BCUT2D eigenvalue weighted by Gasteiger charge is -2.34. The van der Waals surface area contributed by atoms with Crippen LogP contribution in [0.1, 0.15) is 68.2 Å². The molecule has 0 amide bonds. The summed E-state index contributed by atoms with van der Waals surface area (Å²) in [7, 11) is 2.84. The number of carbonyl (C=O) groups is 2. The number of carbonyl (C=O) groups excluding carboxylic acids is 2. The number of hydrogen-bond acceptors (Lipinski definition) is 4. The molecule has 24 heavy (non-hydrogen) atoms. The zero-order chi connectivity index (χ0) is 19.4. The summed E-state index contributed by atoms with van der Waals surface area (Å²) < 4.78 is 9.79. The molecule has 0 unspecified atom stereocenters. The Bertz CT molecular complexity index is 438. The lowest BCUT2D eigenvalue weighted by Crippen LogP contribution is -2.32. The fourth-order valence-corrected chi connectivity index (χ4v) is 3.54. The van der Waals surface area contributed by atoms with Crippen molar-refractivity contribution in [2.45, 2.75) is 68.2 Å². The van der Waals surface area contributed by atoms with E-state index in [0.29, 0.717) is 12.8 Å². The predicted octanol–water partition coefficient (Wildman–Crippen LogP) is 4.77. The molecule has 4 nitrogen and oxygen atoms in total. The molecule has 0 saturated heterocycles. The van der Waals surface area contributed by atoms with E-state index in [1.165, 1.54) is 14.2 Å². The van der Waals surface area contributed by atoms with Gasteiger partial charge in [-0.3, -0.25) is 9.59 Å². The highest BCUT2D eigenvalue weighted by atomic mass is 16.5. The van der Waals surface area contributed by atoms with Crippen molar-refractivity contribution in [1.29, 1.82) is 0 Å². The molecule has 0 aromatic carbocycles. The van der Waals surface area contributed by atoms with Crippen molar-refractivity contribution in [3.05, 3.63) is 12.2 Å². The van der Waals surface area contributed by atoms with Gasteiger partial charge in [-0.15, -0.1) is 0 Å². The van der Waals surface area contributed by atoms with Gasteiger partial charge in [-0.2, -0.15) is 0 Å². The van der Waals surface area contributed by atoms with Crippen LogP contribution in [0, 0.1) is 21.7 Å². The summed E-state index contributed by atoms with van der Waals surface area (Å²) in [6.07, 6.45) is 5.65. The molecule has 0 rings (SSSR count). The predicted molar refractivity (Wildman–Crippen MR) is 97.5 cm³/mol. The third kappa shape index (κ3) is 7.06. The van der Waals surface area contributed by atoms with Gasteiger partial charge in [0.25, 0.3) is 0 Å². The van der Waals surface area contributed by atoms with E-state index in [0.717, 1.165) is 0 Å². The number of hydrogen-bond donors (Lipinski definition) is 0. The minimum Gasteiger partial charge on any atom is -0.469 e. The Kier molecular flexibility index (Phi) is 7.29. The van der Waals surface area contributed by atoms with E-state index in [2.05, 4.69) is 39.8 Å². The maximum atomic E-state index is 11.9. The van der Waals surface area contributed by atoms with Gasteiger partial charge in [0.2, 0.25) is 0 Å². The minimum absolute atomic E-state index is 0.162. The van der Waals surface area contributed by atoms with E-state index in [9.17, 15) is 9.59 Å². The number of rotatable bonds is 8. The fourth-order valence-electron chi connectivity index (χ4n) is 3.54. The Morgan fingerprint density at radius 2 is 0.917 bits per heavy atom. The topological polar surface area (TPSA) is 52.6 Å². The van der Waals surface area contributed by atoms with E-state index < -0.39 is 10.8 Å². The van der Waals surface area contributed by atoms with Crippen LogP contribution in [0.5, 0.6) is 0 Å². The minimum atomic E-state index is -0.544.